The van der Waals surface area contributed by atoms with Gasteiger partial charge < -0.3 is 10.2 Å². The number of alkyl halides is 1. The van der Waals surface area contributed by atoms with E-state index in [9.17, 15) is 19.8 Å². The summed E-state index contributed by atoms with van der Waals surface area (Å²) in [6.45, 7) is 5.76. The molecule has 10 atom stereocenters. The Morgan fingerprint density at radius 1 is 1.22 bits per heavy atom. The van der Waals surface area contributed by atoms with E-state index in [4.69, 9.17) is 0 Å². The number of ketones is 2. The summed E-state index contributed by atoms with van der Waals surface area (Å²) in [6, 6.07) is 0. The van der Waals surface area contributed by atoms with Crippen LogP contribution in [0.5, 0.6) is 0 Å². The maximum absolute atomic E-state index is 15.3. The minimum absolute atomic E-state index is 0.00384. The molecule has 0 amide bonds. The Balaban J connectivity index is 1.72. The summed E-state index contributed by atoms with van der Waals surface area (Å²) in [7, 11) is 0. The molecule has 0 bridgehead atoms. The first-order chi connectivity index (χ1) is 12.6. The quantitative estimate of drug-likeness (QED) is 0.772. The first-order valence-corrected chi connectivity index (χ1v) is 10.6. The van der Waals surface area contributed by atoms with Crippen molar-refractivity contribution in [3.8, 4) is 0 Å². The van der Waals surface area contributed by atoms with Crippen molar-refractivity contribution in [3.63, 3.8) is 0 Å². The number of aliphatic hydroxyl groups is 2. The van der Waals surface area contributed by atoms with Gasteiger partial charge in [-0.3, -0.25) is 9.59 Å². The zero-order chi connectivity index (χ0) is 19.7. The van der Waals surface area contributed by atoms with Gasteiger partial charge in [0.1, 0.15) is 18.6 Å². The van der Waals surface area contributed by atoms with Crippen LogP contribution in [0.1, 0.15) is 59.3 Å². The van der Waals surface area contributed by atoms with E-state index in [1.165, 1.54) is 0 Å². The van der Waals surface area contributed by atoms with E-state index in [-0.39, 0.29) is 57.9 Å². The van der Waals surface area contributed by atoms with Gasteiger partial charge in [-0.2, -0.15) is 0 Å². The fourth-order valence-electron chi connectivity index (χ4n) is 8.32. The molecule has 5 heteroatoms. The second kappa shape index (κ2) is 6.35. The molecule has 0 aromatic rings. The molecule has 152 valence electrons. The van der Waals surface area contributed by atoms with Crippen molar-refractivity contribution in [1.29, 1.82) is 0 Å². The van der Waals surface area contributed by atoms with E-state index in [0.29, 0.717) is 32.1 Å². The predicted molar refractivity (Wildman–Crippen MR) is 98.5 cm³/mol. The average Bonchev–Trinajstić information content (AvgIpc) is 2.85. The smallest absolute Gasteiger partial charge is 0.162 e. The summed E-state index contributed by atoms with van der Waals surface area (Å²) in [5, 5.41) is 20.7. The molecule has 0 aliphatic heterocycles. The van der Waals surface area contributed by atoms with E-state index in [1.54, 1.807) is 0 Å². The molecule has 4 nitrogen and oxygen atoms in total. The maximum atomic E-state index is 15.3. The Bertz CT molecular complexity index is 650. The molecule has 4 fully saturated rings. The lowest BCUT2D eigenvalue weighted by atomic mass is 9.43. The fourth-order valence-corrected chi connectivity index (χ4v) is 8.32. The maximum Gasteiger partial charge on any atom is 0.162 e. The standard InChI is InChI=1S/C22H33FO4/c1-11-6-14-13-8-16(23)15-7-12(25)4-5-21(15,2)20(13)17(26)9-22(14,3)19(11)18(27)10-24/h11,13-17,19-20,24,26H,4-10H2,1-3H3/t11-,13+,14+,15?,16+,17+,19-,20-,21+,22+/m1/s1. The molecule has 0 saturated heterocycles. The van der Waals surface area contributed by atoms with Crippen molar-refractivity contribution in [3.05, 3.63) is 0 Å². The van der Waals surface area contributed by atoms with Crippen LogP contribution in [0.3, 0.4) is 0 Å². The third kappa shape index (κ3) is 2.60. The van der Waals surface area contributed by atoms with Gasteiger partial charge in [0.05, 0.1) is 6.10 Å². The topological polar surface area (TPSA) is 74.6 Å². The normalized spacial score (nSPS) is 54.8. The minimum atomic E-state index is -1.02. The van der Waals surface area contributed by atoms with Gasteiger partial charge in [0.2, 0.25) is 0 Å². The monoisotopic (exact) mass is 380 g/mol. The Labute approximate surface area is 160 Å². The van der Waals surface area contributed by atoms with Gasteiger partial charge in [0.15, 0.2) is 5.78 Å². The molecule has 4 aliphatic carbocycles. The number of carbonyl (C=O) groups is 2. The highest BCUT2D eigenvalue weighted by atomic mass is 19.1. The molecule has 1 unspecified atom stereocenters. The van der Waals surface area contributed by atoms with Crippen LogP contribution in [0.25, 0.3) is 0 Å². The number of carbonyl (C=O) groups excluding carboxylic acids is 2. The molecular weight excluding hydrogens is 347 g/mol. The van der Waals surface area contributed by atoms with E-state index >= 15 is 4.39 Å². The van der Waals surface area contributed by atoms with Crippen LogP contribution in [0.15, 0.2) is 0 Å². The van der Waals surface area contributed by atoms with Gasteiger partial charge >= 0.3 is 0 Å². The number of rotatable bonds is 2. The van der Waals surface area contributed by atoms with E-state index in [2.05, 4.69) is 20.8 Å². The molecule has 0 spiro atoms. The second-order valence-electron chi connectivity index (χ2n) is 10.5. The minimum Gasteiger partial charge on any atom is -0.393 e. The van der Waals surface area contributed by atoms with Gasteiger partial charge in [-0.25, -0.2) is 4.39 Å². The van der Waals surface area contributed by atoms with Crippen LogP contribution < -0.4 is 0 Å². The highest BCUT2D eigenvalue weighted by molar-refractivity contribution is 5.83. The lowest BCUT2D eigenvalue weighted by Gasteiger charge is -2.62. The van der Waals surface area contributed by atoms with E-state index in [0.717, 1.165) is 6.42 Å². The highest BCUT2D eigenvalue weighted by Gasteiger charge is 2.66. The van der Waals surface area contributed by atoms with Gasteiger partial charge in [0, 0.05) is 24.7 Å². The second-order valence-corrected chi connectivity index (χ2v) is 10.5. The Hall–Kier alpha value is -0.810. The molecule has 0 aromatic heterocycles. The summed E-state index contributed by atoms with van der Waals surface area (Å²) in [5.74, 6) is -0.169. The Morgan fingerprint density at radius 3 is 2.59 bits per heavy atom. The number of hydrogen-bond donors (Lipinski definition) is 2. The highest BCUT2D eigenvalue weighted by Crippen LogP contribution is 2.68. The fraction of sp³-hybridized carbons (Fsp3) is 0.909. The van der Waals surface area contributed by atoms with Crippen LogP contribution in [0, 0.1) is 46.3 Å². The van der Waals surface area contributed by atoms with Crippen LogP contribution in [0.4, 0.5) is 4.39 Å². The van der Waals surface area contributed by atoms with Gasteiger partial charge in [-0.1, -0.05) is 20.8 Å². The first kappa shape index (κ1) is 19.5. The largest absolute Gasteiger partial charge is 0.393 e. The zero-order valence-electron chi connectivity index (χ0n) is 16.7. The molecule has 4 aliphatic rings. The molecule has 27 heavy (non-hydrogen) atoms. The van der Waals surface area contributed by atoms with Crippen molar-refractivity contribution in [1.82, 2.24) is 0 Å². The van der Waals surface area contributed by atoms with Gasteiger partial charge in [-0.05, 0) is 60.2 Å². The van der Waals surface area contributed by atoms with Crippen LogP contribution in [-0.4, -0.2) is 40.7 Å². The van der Waals surface area contributed by atoms with Crippen molar-refractivity contribution >= 4 is 11.6 Å². The number of aliphatic hydroxyl groups excluding tert-OH is 2. The lowest BCUT2D eigenvalue weighted by Crippen LogP contribution is -2.61. The van der Waals surface area contributed by atoms with Crippen LogP contribution >= 0.6 is 0 Å². The molecule has 2 N–H and O–H groups in total. The van der Waals surface area contributed by atoms with Crippen molar-refractivity contribution in [2.45, 2.75) is 71.6 Å². The van der Waals surface area contributed by atoms with E-state index in [1.807, 2.05) is 0 Å². The van der Waals surface area contributed by atoms with E-state index < -0.39 is 18.9 Å². The predicted octanol–water partition coefficient (Wildman–Crippen LogP) is 2.94. The van der Waals surface area contributed by atoms with Crippen molar-refractivity contribution < 1.29 is 24.2 Å². The summed E-state index contributed by atoms with van der Waals surface area (Å²) in [4.78, 5) is 24.5. The molecular formula is C22H33FO4. The number of hydrogen-bond acceptors (Lipinski definition) is 4. The zero-order valence-corrected chi connectivity index (χ0v) is 16.7. The summed E-state index contributed by atoms with van der Waals surface area (Å²) in [5.41, 5.74) is -0.730. The summed E-state index contributed by atoms with van der Waals surface area (Å²) >= 11 is 0. The molecule has 0 aromatic carbocycles. The Morgan fingerprint density at radius 2 is 1.93 bits per heavy atom. The summed E-state index contributed by atoms with van der Waals surface area (Å²) in [6.07, 6.45) is 1.63. The molecule has 0 radical (unpaired) electrons. The number of fused-ring (bicyclic) bond motifs is 5. The first-order valence-electron chi connectivity index (χ1n) is 10.6. The van der Waals surface area contributed by atoms with Crippen molar-refractivity contribution in [2.75, 3.05) is 6.61 Å². The van der Waals surface area contributed by atoms with Crippen LogP contribution in [-0.2, 0) is 9.59 Å². The molecule has 4 saturated carbocycles. The number of halogens is 1. The average molecular weight is 381 g/mol. The van der Waals surface area contributed by atoms with Gasteiger partial charge in [0.25, 0.3) is 0 Å². The Kier molecular flexibility index (Phi) is 4.59. The summed E-state index contributed by atoms with van der Waals surface area (Å²) < 4.78 is 15.3. The third-order valence-electron chi connectivity index (χ3n) is 9.23. The molecule has 4 rings (SSSR count). The third-order valence-corrected chi connectivity index (χ3v) is 9.23. The SMILES string of the molecule is C[C@@H]1C[C@H]2[C@@H]3C[C@H](F)C4CC(=O)CC[C@]4(C)[C@H]3[C@@H](O)C[C@]2(C)[C@H]1C(=O)CO. The number of Topliss-reactive ketones (excluding diaryl/α,β-unsaturated/α-hetero) is 2. The lowest BCUT2D eigenvalue weighted by molar-refractivity contribution is -0.189. The van der Waals surface area contributed by atoms with Gasteiger partial charge in [-0.15, -0.1) is 0 Å². The van der Waals surface area contributed by atoms with Crippen molar-refractivity contribution in [2.24, 2.45) is 46.3 Å². The molecule has 0 heterocycles. The van der Waals surface area contributed by atoms with Crippen LogP contribution in [0.2, 0.25) is 0 Å².